The number of H-pyrrole nitrogens is 1. The zero-order valence-electron chi connectivity index (χ0n) is 22.6. The van der Waals surface area contributed by atoms with E-state index in [1.54, 1.807) is 0 Å². The summed E-state index contributed by atoms with van der Waals surface area (Å²) in [4.78, 5) is 19.0. The molecular formula is C28H42N6O. The Labute approximate surface area is 209 Å². The summed E-state index contributed by atoms with van der Waals surface area (Å²) in [6.07, 6.45) is 6.96. The lowest BCUT2D eigenvalue weighted by molar-refractivity contribution is 0.0572. The number of pyridine rings is 1. The molecule has 0 spiro atoms. The van der Waals surface area contributed by atoms with Gasteiger partial charge < -0.3 is 4.98 Å². The number of tetrazole rings is 1. The second kappa shape index (κ2) is 10.2. The number of rotatable bonds is 8. The van der Waals surface area contributed by atoms with Crippen molar-refractivity contribution in [2.45, 2.75) is 111 Å². The van der Waals surface area contributed by atoms with Crippen LogP contribution in [-0.4, -0.2) is 36.1 Å². The van der Waals surface area contributed by atoms with Crippen LogP contribution in [0.15, 0.2) is 23.0 Å². The number of aryl methyl sites for hydroxylation is 2. The molecule has 1 aliphatic carbocycles. The topological polar surface area (TPSA) is 79.7 Å². The molecule has 1 aliphatic rings. The molecule has 0 bridgehead atoms. The van der Waals surface area contributed by atoms with Gasteiger partial charge in [0, 0.05) is 23.7 Å². The van der Waals surface area contributed by atoms with Crippen molar-refractivity contribution in [3.63, 3.8) is 0 Å². The van der Waals surface area contributed by atoms with Crippen LogP contribution in [0.1, 0.15) is 102 Å². The number of aromatic nitrogens is 5. The third-order valence-corrected chi connectivity index (χ3v) is 8.12. The minimum atomic E-state index is -0.181. The molecule has 1 N–H and O–H groups in total. The van der Waals surface area contributed by atoms with E-state index >= 15 is 0 Å². The zero-order valence-corrected chi connectivity index (χ0v) is 22.6. The van der Waals surface area contributed by atoms with Crippen molar-refractivity contribution in [2.24, 2.45) is 5.92 Å². The predicted molar refractivity (Wildman–Crippen MR) is 141 cm³/mol. The van der Waals surface area contributed by atoms with Gasteiger partial charge in [0.05, 0.1) is 11.6 Å². The van der Waals surface area contributed by atoms with Gasteiger partial charge in [-0.3, -0.25) is 9.69 Å². The Morgan fingerprint density at radius 2 is 1.80 bits per heavy atom. The molecule has 0 aliphatic heterocycles. The predicted octanol–water partition coefficient (Wildman–Crippen LogP) is 5.81. The Bertz CT molecular complexity index is 1220. The van der Waals surface area contributed by atoms with Crippen LogP contribution >= 0.6 is 0 Å². The summed E-state index contributed by atoms with van der Waals surface area (Å²) in [5.41, 5.74) is 3.96. The van der Waals surface area contributed by atoms with Crippen LogP contribution in [0.2, 0.25) is 0 Å². The molecule has 4 rings (SSSR count). The van der Waals surface area contributed by atoms with Gasteiger partial charge in [-0.25, -0.2) is 4.68 Å². The van der Waals surface area contributed by atoms with Crippen molar-refractivity contribution < 1.29 is 0 Å². The first-order valence-electron chi connectivity index (χ1n) is 13.3. The highest BCUT2D eigenvalue weighted by Crippen LogP contribution is 2.36. The minimum absolute atomic E-state index is 0.00227. The van der Waals surface area contributed by atoms with Crippen molar-refractivity contribution >= 4 is 10.9 Å². The first-order valence-corrected chi connectivity index (χ1v) is 13.3. The van der Waals surface area contributed by atoms with Crippen LogP contribution in [0.3, 0.4) is 0 Å². The Morgan fingerprint density at radius 1 is 1.11 bits per heavy atom. The molecule has 7 nitrogen and oxygen atoms in total. The molecule has 0 radical (unpaired) electrons. The van der Waals surface area contributed by atoms with E-state index in [0.717, 1.165) is 41.6 Å². The van der Waals surface area contributed by atoms with E-state index in [0.29, 0.717) is 18.5 Å². The summed E-state index contributed by atoms with van der Waals surface area (Å²) >= 11 is 0. The smallest absolute Gasteiger partial charge is 0.252 e. The second-order valence-corrected chi connectivity index (χ2v) is 11.4. The molecule has 1 fully saturated rings. The molecule has 2 heterocycles. The summed E-state index contributed by atoms with van der Waals surface area (Å²) in [6.45, 7) is 15.8. The largest absolute Gasteiger partial charge is 0.322 e. The highest BCUT2D eigenvalue weighted by atomic mass is 16.1. The van der Waals surface area contributed by atoms with Gasteiger partial charge >= 0.3 is 0 Å². The summed E-state index contributed by atoms with van der Waals surface area (Å²) in [6, 6.07) is 6.77. The Kier molecular flexibility index (Phi) is 7.46. The molecule has 3 aromatic rings. The SMILES string of the molecule is CCC(C)(C)n1nnnc1C(C(C)C)N(Cc1cc2cc(C)c(C)cc2[nH]c1=O)C1CCCCC1. The standard InChI is InChI=1S/C28H42N6O/c1-8-28(6,7)34-26(30-31-32-34)25(18(2)3)33(23-12-10-9-11-13-23)17-22-16-21-14-19(4)20(5)15-24(21)29-27(22)35/h14-16,18,23,25H,8-13,17H2,1-7H3,(H,29,35). The molecule has 1 aromatic carbocycles. The normalized spacial score (nSPS) is 16.5. The average Bonchev–Trinajstić information content (AvgIpc) is 3.31. The molecule has 0 amide bonds. The molecule has 190 valence electrons. The van der Waals surface area contributed by atoms with Crippen LogP contribution in [-0.2, 0) is 12.1 Å². The number of nitrogens with zero attached hydrogens (tertiary/aromatic N) is 5. The molecular weight excluding hydrogens is 436 g/mol. The summed E-state index contributed by atoms with van der Waals surface area (Å²) < 4.78 is 2.02. The lowest BCUT2D eigenvalue weighted by Crippen LogP contribution is -2.44. The highest BCUT2D eigenvalue weighted by Gasteiger charge is 2.37. The highest BCUT2D eigenvalue weighted by molar-refractivity contribution is 5.80. The Balaban J connectivity index is 1.80. The van der Waals surface area contributed by atoms with Crippen molar-refractivity contribution in [1.29, 1.82) is 0 Å². The van der Waals surface area contributed by atoms with Crippen molar-refractivity contribution in [3.8, 4) is 0 Å². The van der Waals surface area contributed by atoms with Gasteiger partial charge in [-0.15, -0.1) is 5.10 Å². The van der Waals surface area contributed by atoms with E-state index in [9.17, 15) is 4.79 Å². The lowest BCUT2D eigenvalue weighted by atomic mass is 9.89. The summed E-state index contributed by atoms with van der Waals surface area (Å²) in [5.74, 6) is 1.19. The number of hydrogen-bond donors (Lipinski definition) is 1. The number of aromatic amines is 1. The van der Waals surface area contributed by atoms with E-state index in [2.05, 4.69) is 92.1 Å². The second-order valence-electron chi connectivity index (χ2n) is 11.4. The average molecular weight is 479 g/mol. The van der Waals surface area contributed by atoms with Crippen LogP contribution in [0.25, 0.3) is 10.9 Å². The number of fused-ring (bicyclic) bond motifs is 1. The van der Waals surface area contributed by atoms with Crippen molar-refractivity contribution in [1.82, 2.24) is 30.1 Å². The third-order valence-electron chi connectivity index (χ3n) is 8.12. The van der Waals surface area contributed by atoms with E-state index in [4.69, 9.17) is 0 Å². The number of benzene rings is 1. The fourth-order valence-corrected chi connectivity index (χ4v) is 5.49. The zero-order chi connectivity index (χ0) is 25.3. The monoisotopic (exact) mass is 478 g/mol. The Hall–Kier alpha value is -2.54. The molecule has 1 unspecified atom stereocenters. The molecule has 2 aromatic heterocycles. The van der Waals surface area contributed by atoms with Crippen LogP contribution in [0.5, 0.6) is 0 Å². The van der Waals surface area contributed by atoms with Crippen molar-refractivity contribution in [3.05, 3.63) is 51.1 Å². The fourth-order valence-electron chi connectivity index (χ4n) is 5.49. The first kappa shape index (κ1) is 25.5. The van der Waals surface area contributed by atoms with E-state index in [-0.39, 0.29) is 17.1 Å². The van der Waals surface area contributed by atoms with Gasteiger partial charge in [0.2, 0.25) is 0 Å². The van der Waals surface area contributed by atoms with E-state index < -0.39 is 0 Å². The molecule has 1 atom stereocenters. The molecule has 35 heavy (non-hydrogen) atoms. The lowest BCUT2D eigenvalue weighted by Gasteiger charge is -2.42. The van der Waals surface area contributed by atoms with Gasteiger partial charge in [0.25, 0.3) is 5.56 Å². The first-order chi connectivity index (χ1) is 16.6. The maximum Gasteiger partial charge on any atom is 0.252 e. The van der Waals surface area contributed by atoms with Crippen LogP contribution in [0, 0.1) is 19.8 Å². The molecule has 7 heteroatoms. The van der Waals surface area contributed by atoms with E-state index in [1.165, 1.54) is 30.4 Å². The van der Waals surface area contributed by atoms with Gasteiger partial charge in [-0.1, -0.05) is 40.0 Å². The summed E-state index contributed by atoms with van der Waals surface area (Å²) in [7, 11) is 0. The Morgan fingerprint density at radius 3 is 2.46 bits per heavy atom. The van der Waals surface area contributed by atoms with Gasteiger partial charge in [0.15, 0.2) is 5.82 Å². The number of nitrogens with one attached hydrogen (secondary N) is 1. The van der Waals surface area contributed by atoms with Crippen molar-refractivity contribution in [2.75, 3.05) is 0 Å². The molecule has 1 saturated carbocycles. The van der Waals surface area contributed by atoms with E-state index in [1.807, 2.05) is 4.68 Å². The number of hydrogen-bond acceptors (Lipinski definition) is 5. The quantitative estimate of drug-likeness (QED) is 0.442. The fraction of sp³-hybridized carbons (Fsp3) is 0.643. The maximum atomic E-state index is 13.3. The van der Waals surface area contributed by atoms with Gasteiger partial charge in [0.1, 0.15) is 0 Å². The summed E-state index contributed by atoms with van der Waals surface area (Å²) in [5, 5.41) is 14.2. The minimum Gasteiger partial charge on any atom is -0.322 e. The van der Waals surface area contributed by atoms with Gasteiger partial charge in [-0.05, 0) is 98.0 Å². The van der Waals surface area contributed by atoms with Crippen LogP contribution in [0.4, 0.5) is 0 Å². The van der Waals surface area contributed by atoms with Crippen LogP contribution < -0.4 is 5.56 Å². The maximum absolute atomic E-state index is 13.3. The third kappa shape index (κ3) is 5.20. The molecule has 0 saturated heterocycles. The van der Waals surface area contributed by atoms with Gasteiger partial charge in [-0.2, -0.15) is 0 Å².